The zero-order valence-corrected chi connectivity index (χ0v) is 14.8. The summed E-state index contributed by atoms with van der Waals surface area (Å²) in [7, 11) is 0. The normalized spacial score (nSPS) is 11.8. The van der Waals surface area contributed by atoms with Crippen molar-refractivity contribution >= 4 is 23.7 Å². The molecule has 1 N–H and O–H groups in total. The molecule has 0 radical (unpaired) electrons. The van der Waals surface area contributed by atoms with Gasteiger partial charge in [0.25, 0.3) is 0 Å². The Bertz CT molecular complexity index is 667. The molecule has 0 spiro atoms. The number of carbonyl (C=O) groups is 2. The van der Waals surface area contributed by atoms with Gasteiger partial charge in [-0.15, -0.1) is 11.3 Å². The van der Waals surface area contributed by atoms with E-state index < -0.39 is 6.09 Å². The van der Waals surface area contributed by atoms with Crippen LogP contribution < -0.4 is 5.32 Å². The monoisotopic (exact) mass is 346 g/mol. The van der Waals surface area contributed by atoms with Crippen LogP contribution in [-0.2, 0) is 9.53 Å². The van der Waals surface area contributed by atoms with Gasteiger partial charge in [0.1, 0.15) is 6.29 Å². The number of unbranched alkanes of at least 4 members (excludes halogenated alkanes) is 1. The van der Waals surface area contributed by atoms with Crippen LogP contribution >= 0.6 is 11.3 Å². The molecule has 0 fully saturated rings. The average Bonchev–Trinajstić information content (AvgIpc) is 3.01. The molecule has 128 valence electrons. The van der Waals surface area contributed by atoms with E-state index in [0.29, 0.717) is 6.61 Å². The van der Waals surface area contributed by atoms with Gasteiger partial charge in [0, 0.05) is 6.42 Å². The Morgan fingerprint density at radius 1 is 1.38 bits per heavy atom. The number of nitrogens with one attached hydrogen (secondary N) is 1. The number of benzene rings is 1. The summed E-state index contributed by atoms with van der Waals surface area (Å²) in [5, 5.41) is 2.76. The van der Waals surface area contributed by atoms with Crippen molar-refractivity contribution in [2.75, 3.05) is 6.61 Å². The van der Waals surface area contributed by atoms with Gasteiger partial charge in [-0.25, -0.2) is 9.78 Å². The highest BCUT2D eigenvalue weighted by molar-refractivity contribution is 7.13. The fourth-order valence-electron chi connectivity index (χ4n) is 2.31. The van der Waals surface area contributed by atoms with Crippen LogP contribution in [0.5, 0.6) is 0 Å². The van der Waals surface area contributed by atoms with E-state index in [1.165, 1.54) is 0 Å². The minimum atomic E-state index is -0.488. The number of amides is 1. The van der Waals surface area contributed by atoms with Crippen molar-refractivity contribution in [3.8, 4) is 10.4 Å². The molecule has 0 aliphatic carbocycles. The van der Waals surface area contributed by atoms with Crippen LogP contribution in [0.1, 0.15) is 43.5 Å². The predicted molar refractivity (Wildman–Crippen MR) is 95.1 cm³/mol. The molecule has 24 heavy (non-hydrogen) atoms. The first-order valence-corrected chi connectivity index (χ1v) is 8.91. The van der Waals surface area contributed by atoms with E-state index in [4.69, 9.17) is 4.74 Å². The van der Waals surface area contributed by atoms with Gasteiger partial charge in [0.2, 0.25) is 0 Å². The third kappa shape index (κ3) is 4.89. The van der Waals surface area contributed by atoms with E-state index >= 15 is 0 Å². The predicted octanol–water partition coefficient (Wildman–Crippen LogP) is 4.27. The Labute approximate surface area is 146 Å². The first kappa shape index (κ1) is 18.1. The average molecular weight is 346 g/mol. The number of nitrogens with zero attached hydrogens (tertiary/aromatic N) is 1. The second-order valence-corrected chi connectivity index (χ2v) is 6.33. The molecule has 0 aliphatic heterocycles. The zero-order chi connectivity index (χ0) is 17.4. The van der Waals surface area contributed by atoms with Crippen LogP contribution in [0.25, 0.3) is 10.4 Å². The molecular formula is C18H22N2O3S. The molecule has 2 aromatic rings. The van der Waals surface area contributed by atoms with Gasteiger partial charge in [-0.3, -0.25) is 0 Å². The molecule has 0 unspecified atom stereocenters. The number of hydrogen-bond acceptors (Lipinski definition) is 5. The topological polar surface area (TPSA) is 68.3 Å². The highest BCUT2D eigenvalue weighted by Gasteiger charge is 2.15. The van der Waals surface area contributed by atoms with E-state index in [1.807, 2.05) is 43.6 Å². The van der Waals surface area contributed by atoms with Gasteiger partial charge < -0.3 is 14.8 Å². The van der Waals surface area contributed by atoms with Crippen LogP contribution in [0.3, 0.4) is 0 Å². The number of alkyl carbamates (subject to hydrolysis) is 1. The maximum atomic E-state index is 11.8. The summed E-state index contributed by atoms with van der Waals surface area (Å²) < 4.78 is 5.11. The quantitative estimate of drug-likeness (QED) is 0.572. The maximum absolute atomic E-state index is 11.8. The fourth-order valence-corrected chi connectivity index (χ4v) is 3.13. The second-order valence-electron chi connectivity index (χ2n) is 5.48. The van der Waals surface area contributed by atoms with E-state index in [1.54, 1.807) is 11.3 Å². The van der Waals surface area contributed by atoms with Crippen LogP contribution in [0, 0.1) is 6.92 Å². The summed E-state index contributed by atoms with van der Waals surface area (Å²) >= 11 is 1.59. The molecule has 1 aromatic carbocycles. The van der Waals surface area contributed by atoms with Gasteiger partial charge in [-0.1, -0.05) is 37.6 Å². The van der Waals surface area contributed by atoms with Crippen molar-refractivity contribution in [2.24, 2.45) is 0 Å². The van der Waals surface area contributed by atoms with Crippen LogP contribution in [0.2, 0.25) is 0 Å². The third-order valence-electron chi connectivity index (χ3n) is 3.68. The first-order chi connectivity index (χ1) is 11.7. The number of aryl methyl sites for hydroxylation is 1. The molecule has 0 bridgehead atoms. The van der Waals surface area contributed by atoms with Gasteiger partial charge in [-0.2, -0.15) is 0 Å². The molecule has 1 aromatic heterocycles. The van der Waals surface area contributed by atoms with Crippen molar-refractivity contribution in [1.82, 2.24) is 10.3 Å². The minimum Gasteiger partial charge on any atom is -0.450 e. The van der Waals surface area contributed by atoms with E-state index in [0.717, 1.165) is 40.8 Å². The fraction of sp³-hybridized carbons (Fsp3) is 0.389. The highest BCUT2D eigenvalue weighted by Crippen LogP contribution is 2.28. The lowest BCUT2D eigenvalue weighted by Crippen LogP contribution is -2.29. The number of thiazole rings is 1. The lowest BCUT2D eigenvalue weighted by Gasteiger charge is -2.17. The number of rotatable bonds is 8. The number of aldehydes is 1. The SMILES string of the molecule is CCCCOC(=O)N[C@@H](CC=O)c1ccc(-c2scnc2C)cc1. The van der Waals surface area contributed by atoms with E-state index in [2.05, 4.69) is 10.3 Å². The Kier molecular flexibility index (Phi) is 6.93. The lowest BCUT2D eigenvalue weighted by molar-refractivity contribution is -0.108. The molecule has 6 heteroatoms. The smallest absolute Gasteiger partial charge is 0.407 e. The number of aromatic nitrogens is 1. The number of ether oxygens (including phenoxy) is 1. The molecule has 5 nitrogen and oxygen atoms in total. The van der Waals surface area contributed by atoms with Crippen molar-refractivity contribution < 1.29 is 14.3 Å². The van der Waals surface area contributed by atoms with Gasteiger partial charge in [0.05, 0.1) is 28.7 Å². The zero-order valence-electron chi connectivity index (χ0n) is 14.0. The molecule has 0 saturated carbocycles. The van der Waals surface area contributed by atoms with Crippen molar-refractivity contribution in [2.45, 2.75) is 39.2 Å². The summed E-state index contributed by atoms with van der Waals surface area (Å²) in [5.74, 6) is 0. The van der Waals surface area contributed by atoms with Crippen molar-refractivity contribution in [3.63, 3.8) is 0 Å². The summed E-state index contributed by atoms with van der Waals surface area (Å²) in [6, 6.07) is 7.44. The Balaban J connectivity index is 2.06. The molecular weight excluding hydrogens is 324 g/mol. The molecule has 1 amide bonds. The number of carbonyl (C=O) groups excluding carboxylic acids is 2. The lowest BCUT2D eigenvalue weighted by atomic mass is 10.0. The van der Waals surface area contributed by atoms with Crippen molar-refractivity contribution in [3.05, 3.63) is 41.0 Å². The van der Waals surface area contributed by atoms with Crippen molar-refractivity contribution in [1.29, 1.82) is 0 Å². The standard InChI is InChI=1S/C18H22N2O3S/c1-3-4-11-23-18(22)20-16(9-10-21)14-5-7-15(8-6-14)17-13(2)19-12-24-17/h5-8,10,12,16H,3-4,9,11H2,1-2H3,(H,20,22)/t16-/m0/s1. The summed E-state index contributed by atoms with van der Waals surface area (Å²) in [4.78, 5) is 28.1. The van der Waals surface area contributed by atoms with Gasteiger partial charge in [0.15, 0.2) is 0 Å². The van der Waals surface area contributed by atoms with Crippen LogP contribution in [0.15, 0.2) is 29.8 Å². The Morgan fingerprint density at radius 3 is 2.71 bits per heavy atom. The van der Waals surface area contributed by atoms with E-state index in [-0.39, 0.29) is 12.5 Å². The molecule has 1 heterocycles. The third-order valence-corrected chi connectivity index (χ3v) is 4.65. The minimum absolute atomic E-state index is 0.210. The van der Waals surface area contributed by atoms with Crippen LogP contribution in [0.4, 0.5) is 4.79 Å². The maximum Gasteiger partial charge on any atom is 0.407 e. The highest BCUT2D eigenvalue weighted by atomic mass is 32.1. The molecule has 0 saturated heterocycles. The van der Waals surface area contributed by atoms with E-state index in [9.17, 15) is 9.59 Å². The summed E-state index contributed by atoms with van der Waals surface area (Å²) in [5.41, 5.74) is 4.77. The van der Waals surface area contributed by atoms with Crippen LogP contribution in [-0.4, -0.2) is 24.0 Å². The largest absolute Gasteiger partial charge is 0.450 e. The van der Waals surface area contributed by atoms with Gasteiger partial charge in [-0.05, 0) is 24.5 Å². The first-order valence-electron chi connectivity index (χ1n) is 8.03. The molecule has 2 rings (SSSR count). The molecule has 1 atom stereocenters. The molecule has 0 aliphatic rings. The Morgan fingerprint density at radius 2 is 2.12 bits per heavy atom. The second kappa shape index (κ2) is 9.17. The van der Waals surface area contributed by atoms with Gasteiger partial charge >= 0.3 is 6.09 Å². The number of hydrogen-bond donors (Lipinski definition) is 1. The summed E-state index contributed by atoms with van der Waals surface area (Å²) in [6.07, 6.45) is 2.32. The summed E-state index contributed by atoms with van der Waals surface area (Å²) in [6.45, 7) is 4.39. The Hall–Kier alpha value is -2.21.